The summed E-state index contributed by atoms with van der Waals surface area (Å²) >= 11 is 2.88. The number of nitrogens with two attached hydrogens (primary N) is 1. The number of fused-ring (bicyclic) bond motifs is 1. The van der Waals surface area contributed by atoms with E-state index in [1.807, 2.05) is 15.6 Å². The van der Waals surface area contributed by atoms with E-state index in [1.54, 1.807) is 11.3 Å². The number of hydrogen-bond donors (Lipinski definition) is 1. The van der Waals surface area contributed by atoms with Crippen molar-refractivity contribution in [2.75, 3.05) is 36.9 Å². The van der Waals surface area contributed by atoms with Crippen LogP contribution in [0.15, 0.2) is 34.5 Å². The van der Waals surface area contributed by atoms with Crippen LogP contribution in [-0.4, -0.2) is 66.7 Å². The number of thiophene rings is 1. The number of hydrogen-bond acceptors (Lipinski definition) is 10. The van der Waals surface area contributed by atoms with Crippen LogP contribution in [0.2, 0.25) is 0 Å². The number of aryl methyl sites for hydroxylation is 2. The summed E-state index contributed by atoms with van der Waals surface area (Å²) in [5.41, 5.74) is 5.50. The van der Waals surface area contributed by atoms with Gasteiger partial charge in [0.25, 0.3) is 0 Å². The van der Waals surface area contributed by atoms with E-state index in [1.165, 1.54) is 17.0 Å². The fourth-order valence-corrected chi connectivity index (χ4v) is 6.72. The molecule has 4 heterocycles. The summed E-state index contributed by atoms with van der Waals surface area (Å²) in [6.07, 6.45) is 1.71. The predicted molar refractivity (Wildman–Crippen MR) is 132 cm³/mol. The monoisotopic (exact) mass is 519 g/mol. The van der Waals surface area contributed by atoms with Crippen LogP contribution in [-0.2, 0) is 13.0 Å². The fraction of sp³-hybridized carbons (Fsp3) is 0.476. The number of thioether (sulfide) groups is 1. The highest BCUT2D eigenvalue weighted by atomic mass is 32.2. The maximum atomic E-state index is 14.5. The van der Waals surface area contributed by atoms with E-state index in [0.717, 1.165) is 35.4 Å². The van der Waals surface area contributed by atoms with E-state index in [-0.39, 0.29) is 22.3 Å². The van der Waals surface area contributed by atoms with Crippen molar-refractivity contribution < 1.29 is 9.42 Å². The van der Waals surface area contributed by atoms with Gasteiger partial charge in [-0.25, -0.2) is 19.2 Å². The first kappa shape index (κ1) is 23.9. The van der Waals surface area contributed by atoms with E-state index in [4.69, 9.17) is 5.73 Å². The van der Waals surface area contributed by atoms with Gasteiger partial charge >= 0.3 is 0 Å². The minimum absolute atomic E-state index is 0.0489. The van der Waals surface area contributed by atoms with E-state index in [0.29, 0.717) is 32.7 Å². The molecule has 2 aromatic heterocycles. The first-order valence-electron chi connectivity index (χ1n) is 11.4. The van der Waals surface area contributed by atoms with Crippen molar-refractivity contribution in [3.8, 4) is 0 Å². The minimum atomic E-state index is -0.630. The van der Waals surface area contributed by atoms with Gasteiger partial charge in [0.2, 0.25) is 0 Å². The number of nitrogens with zero attached hydrogens (tertiary/aromatic N) is 8. The zero-order valence-electron chi connectivity index (χ0n) is 19.2. The van der Waals surface area contributed by atoms with Gasteiger partial charge in [-0.1, -0.05) is 29.8 Å². The van der Waals surface area contributed by atoms with Crippen LogP contribution in [0.25, 0.3) is 0 Å². The molecule has 2 unspecified atom stereocenters. The number of benzene rings is 1. The largest absolute Gasteiger partial charge is 0.399 e. The highest BCUT2D eigenvalue weighted by Gasteiger charge is 2.45. The van der Waals surface area contributed by atoms with E-state index in [9.17, 15) is 14.5 Å². The molecule has 0 aliphatic carbocycles. The van der Waals surface area contributed by atoms with Crippen molar-refractivity contribution in [1.29, 1.82) is 0 Å². The lowest BCUT2D eigenvalue weighted by atomic mass is 10.1. The summed E-state index contributed by atoms with van der Waals surface area (Å²) in [7, 11) is 0. The number of hydrazine groups is 1. The molecule has 0 amide bonds. The lowest BCUT2D eigenvalue weighted by Crippen LogP contribution is -2.55. The second-order valence-electron chi connectivity index (χ2n) is 8.46. The van der Waals surface area contributed by atoms with Crippen molar-refractivity contribution in [3.63, 3.8) is 0 Å². The molecule has 2 aliphatic rings. The van der Waals surface area contributed by atoms with Crippen LogP contribution in [0.4, 0.5) is 15.8 Å². The lowest BCUT2D eigenvalue weighted by molar-refractivity contribution is -0.500. The summed E-state index contributed by atoms with van der Waals surface area (Å²) < 4.78 is 16.4. The van der Waals surface area contributed by atoms with Crippen LogP contribution in [0.5, 0.6) is 0 Å². The fourth-order valence-electron chi connectivity index (χ4n) is 4.71. The Kier molecular flexibility index (Phi) is 6.86. The molecule has 3 aromatic rings. The average molecular weight is 520 g/mol. The molecule has 1 saturated heterocycles. The van der Waals surface area contributed by atoms with Crippen LogP contribution < -0.4 is 10.7 Å². The van der Waals surface area contributed by atoms with E-state index < -0.39 is 16.3 Å². The van der Waals surface area contributed by atoms with E-state index in [2.05, 4.69) is 38.8 Å². The number of tetrazole rings is 1. The number of halogens is 1. The average Bonchev–Trinajstić information content (AvgIpc) is 3.59. The first-order valence-corrected chi connectivity index (χ1v) is 13.2. The number of nitro groups is 1. The Labute approximate surface area is 209 Å². The Morgan fingerprint density at radius 1 is 1.31 bits per heavy atom. The quantitative estimate of drug-likeness (QED) is 0.270. The van der Waals surface area contributed by atoms with Crippen molar-refractivity contribution in [2.45, 2.75) is 42.7 Å². The summed E-state index contributed by atoms with van der Waals surface area (Å²) in [5, 5.41) is 27.0. The molecule has 5 rings (SSSR count). The molecule has 2 atom stereocenters. The van der Waals surface area contributed by atoms with Gasteiger partial charge in [-0.15, -0.1) is 16.4 Å². The second kappa shape index (κ2) is 10.0. The molecular formula is C21H26FN9O2S2. The molecule has 11 nitrogen and oxygen atoms in total. The van der Waals surface area contributed by atoms with Crippen molar-refractivity contribution in [3.05, 3.63) is 56.3 Å². The van der Waals surface area contributed by atoms with Gasteiger partial charge in [-0.3, -0.25) is 9.80 Å². The Balaban J connectivity index is 1.27. The number of anilines is 2. The number of aromatic nitrogens is 4. The molecular weight excluding hydrogens is 493 g/mol. The van der Waals surface area contributed by atoms with Crippen LogP contribution >= 0.6 is 23.1 Å². The Morgan fingerprint density at radius 2 is 2.11 bits per heavy atom. The molecule has 2 aliphatic heterocycles. The molecule has 1 aromatic carbocycles. The molecule has 1 fully saturated rings. The Hall–Kier alpha value is -2.81. The van der Waals surface area contributed by atoms with Crippen molar-refractivity contribution in [1.82, 2.24) is 30.0 Å². The smallest absolute Gasteiger partial charge is 0.199 e. The normalized spacial score (nSPS) is 19.7. The van der Waals surface area contributed by atoms with Crippen molar-refractivity contribution in [2.24, 2.45) is 0 Å². The lowest BCUT2D eigenvalue weighted by Gasteiger charge is -2.40. The van der Waals surface area contributed by atoms with Gasteiger partial charge in [0.05, 0.1) is 10.9 Å². The van der Waals surface area contributed by atoms with Crippen LogP contribution in [0, 0.1) is 15.9 Å². The van der Waals surface area contributed by atoms with Crippen LogP contribution in [0.3, 0.4) is 0 Å². The van der Waals surface area contributed by atoms with Crippen molar-refractivity contribution >= 4 is 34.5 Å². The summed E-state index contributed by atoms with van der Waals surface area (Å²) in [4.78, 5) is 17.8. The topological polar surface area (TPSA) is 122 Å². The maximum Gasteiger partial charge on any atom is 0.199 e. The molecule has 35 heavy (non-hydrogen) atoms. The number of nitrogen functional groups attached to an aromatic ring is 1. The third-order valence-corrected chi connectivity index (χ3v) is 8.68. The summed E-state index contributed by atoms with van der Waals surface area (Å²) in [6.45, 7) is 5.41. The van der Waals surface area contributed by atoms with Gasteiger partial charge < -0.3 is 5.73 Å². The highest BCUT2D eigenvalue weighted by molar-refractivity contribution is 8.00. The third kappa shape index (κ3) is 4.70. The van der Waals surface area contributed by atoms with Gasteiger partial charge in [-0.05, 0) is 40.4 Å². The zero-order valence-corrected chi connectivity index (χ0v) is 20.8. The molecule has 2 N–H and O–H groups in total. The summed E-state index contributed by atoms with van der Waals surface area (Å²) in [6, 6.07) is 6.87. The van der Waals surface area contributed by atoms with Crippen LogP contribution in [0.1, 0.15) is 30.1 Å². The molecule has 0 radical (unpaired) electrons. The zero-order chi connectivity index (χ0) is 24.5. The standard InChI is InChI=1S/C21H26FN9O2S2/c1-2-17(20-24-25-26-29(20)6-5-15-4-3-11-34-15)27-7-9-28(10-8-27)21-30(31(32)33)18-13-14(23)12-16(22)19(18)35-21/h3-4,11-13,17,21H,2,5-10,23H2,1H3. The number of rotatable bonds is 8. The van der Waals surface area contributed by atoms with Gasteiger partial charge in [-0.2, -0.15) is 0 Å². The Bertz CT molecular complexity index is 1180. The van der Waals surface area contributed by atoms with Gasteiger partial charge in [0.1, 0.15) is 11.5 Å². The number of piperazine rings is 1. The van der Waals surface area contributed by atoms with Gasteiger partial charge in [0, 0.05) is 49.7 Å². The molecule has 0 spiro atoms. The first-order chi connectivity index (χ1) is 17.0. The predicted octanol–water partition coefficient (Wildman–Crippen LogP) is 2.85. The maximum absolute atomic E-state index is 14.5. The molecule has 186 valence electrons. The molecule has 0 bridgehead atoms. The molecule has 0 saturated carbocycles. The highest BCUT2D eigenvalue weighted by Crippen LogP contribution is 2.47. The Morgan fingerprint density at radius 3 is 2.80 bits per heavy atom. The summed E-state index contributed by atoms with van der Waals surface area (Å²) in [5.74, 6) is 0.308. The minimum Gasteiger partial charge on any atom is -0.399 e. The molecule has 14 heteroatoms. The SMILES string of the molecule is CCC(c1nnnn1CCc1cccs1)N1CCN(C2Sc3c(F)cc(N)cc3N2[N+](=O)[O-])CC1. The van der Waals surface area contributed by atoms with Gasteiger partial charge in [0.15, 0.2) is 16.4 Å². The van der Waals surface area contributed by atoms with E-state index >= 15 is 0 Å². The second-order valence-corrected chi connectivity index (χ2v) is 10.6. The third-order valence-electron chi connectivity index (χ3n) is 6.40.